The fourth-order valence-electron chi connectivity index (χ4n) is 3.35. The first kappa shape index (κ1) is 14.9. The maximum atomic E-state index is 6.42. The topological polar surface area (TPSA) is 43.8 Å². The first-order valence-corrected chi connectivity index (χ1v) is 7.94. The van der Waals surface area contributed by atoms with Crippen molar-refractivity contribution in [2.75, 3.05) is 0 Å². The largest absolute Gasteiger partial charge is 0.322 e. The van der Waals surface area contributed by atoms with Crippen LogP contribution in [0.1, 0.15) is 63.6 Å². The Balaban J connectivity index is 1.91. The summed E-state index contributed by atoms with van der Waals surface area (Å²) >= 11 is 6.19. The number of nitrogens with two attached hydrogens (primary N) is 1. The van der Waals surface area contributed by atoms with Crippen molar-refractivity contribution in [3.63, 3.8) is 0 Å². The zero-order valence-corrected chi connectivity index (χ0v) is 12.9. The van der Waals surface area contributed by atoms with E-state index in [0.717, 1.165) is 11.6 Å². The van der Waals surface area contributed by atoms with Crippen LogP contribution in [-0.2, 0) is 7.05 Å². The van der Waals surface area contributed by atoms with Crippen LogP contribution in [0.3, 0.4) is 0 Å². The molecule has 0 saturated heterocycles. The van der Waals surface area contributed by atoms with Gasteiger partial charge in [-0.05, 0) is 24.7 Å². The van der Waals surface area contributed by atoms with Gasteiger partial charge in [-0.2, -0.15) is 5.10 Å². The molecule has 0 radical (unpaired) electrons. The van der Waals surface area contributed by atoms with E-state index < -0.39 is 0 Å². The standard InChI is InChI=1S/C15H26ClN3/c1-3-4-5-11-6-8-12(9-7-11)14(17)15-13(16)10-18-19(15)2/h10-12,14H,3-9,17H2,1-2H3. The summed E-state index contributed by atoms with van der Waals surface area (Å²) in [5.74, 6) is 1.48. The number of unbranched alkanes of at least 4 members (excludes halogenated alkanes) is 1. The van der Waals surface area contributed by atoms with Crippen molar-refractivity contribution in [1.29, 1.82) is 0 Å². The molecule has 0 aliphatic heterocycles. The van der Waals surface area contributed by atoms with Crippen LogP contribution in [0, 0.1) is 11.8 Å². The van der Waals surface area contributed by atoms with Gasteiger partial charge in [0.1, 0.15) is 0 Å². The molecule has 1 aromatic rings. The minimum absolute atomic E-state index is 0.0344. The summed E-state index contributed by atoms with van der Waals surface area (Å²) in [6, 6.07) is 0.0344. The lowest BCUT2D eigenvalue weighted by molar-refractivity contribution is 0.228. The van der Waals surface area contributed by atoms with E-state index >= 15 is 0 Å². The second-order valence-electron chi connectivity index (χ2n) is 5.95. The van der Waals surface area contributed by atoms with Crippen LogP contribution < -0.4 is 5.73 Å². The quantitative estimate of drug-likeness (QED) is 0.885. The van der Waals surface area contributed by atoms with Gasteiger partial charge in [0.05, 0.1) is 23.0 Å². The number of hydrogen-bond donors (Lipinski definition) is 1. The van der Waals surface area contributed by atoms with Crippen LogP contribution in [0.4, 0.5) is 0 Å². The van der Waals surface area contributed by atoms with E-state index in [1.807, 2.05) is 11.7 Å². The molecule has 3 nitrogen and oxygen atoms in total. The SMILES string of the molecule is CCCCC1CCC(C(N)c2c(Cl)cnn2C)CC1. The van der Waals surface area contributed by atoms with Gasteiger partial charge in [0.15, 0.2) is 0 Å². The third-order valence-corrected chi connectivity index (χ3v) is 4.91. The molecule has 1 aliphatic carbocycles. The van der Waals surface area contributed by atoms with E-state index in [1.165, 1.54) is 44.9 Å². The monoisotopic (exact) mass is 283 g/mol. The second kappa shape index (κ2) is 6.76. The van der Waals surface area contributed by atoms with Gasteiger partial charge in [-0.25, -0.2) is 0 Å². The zero-order valence-electron chi connectivity index (χ0n) is 12.1. The molecule has 1 aliphatic rings. The average Bonchev–Trinajstić information content (AvgIpc) is 2.76. The summed E-state index contributed by atoms with van der Waals surface area (Å²) in [5.41, 5.74) is 7.41. The van der Waals surface area contributed by atoms with Crippen molar-refractivity contribution in [1.82, 2.24) is 9.78 Å². The summed E-state index contributed by atoms with van der Waals surface area (Å²) in [6.07, 6.45) is 10.9. The average molecular weight is 284 g/mol. The highest BCUT2D eigenvalue weighted by molar-refractivity contribution is 6.31. The van der Waals surface area contributed by atoms with Gasteiger partial charge in [-0.3, -0.25) is 4.68 Å². The normalized spacial score (nSPS) is 25.5. The van der Waals surface area contributed by atoms with Gasteiger partial charge < -0.3 is 5.73 Å². The van der Waals surface area contributed by atoms with Gasteiger partial charge in [0.2, 0.25) is 0 Å². The van der Waals surface area contributed by atoms with Crippen molar-refractivity contribution < 1.29 is 0 Å². The number of halogens is 1. The minimum atomic E-state index is 0.0344. The van der Waals surface area contributed by atoms with Gasteiger partial charge in [-0.15, -0.1) is 0 Å². The maximum Gasteiger partial charge on any atom is 0.0834 e. The van der Waals surface area contributed by atoms with Crippen molar-refractivity contribution in [2.45, 2.75) is 57.9 Å². The Labute approximate surface area is 121 Å². The third kappa shape index (κ3) is 3.51. The molecule has 108 valence electrons. The van der Waals surface area contributed by atoms with Gasteiger partial charge in [0, 0.05) is 7.05 Å². The molecule has 0 spiro atoms. The fraction of sp³-hybridized carbons (Fsp3) is 0.800. The van der Waals surface area contributed by atoms with Crippen LogP contribution in [0.25, 0.3) is 0 Å². The Morgan fingerprint density at radius 2 is 2.11 bits per heavy atom. The van der Waals surface area contributed by atoms with E-state index in [2.05, 4.69) is 12.0 Å². The molecule has 2 N–H and O–H groups in total. The highest BCUT2D eigenvalue weighted by Gasteiger charge is 2.28. The van der Waals surface area contributed by atoms with Crippen molar-refractivity contribution in [2.24, 2.45) is 24.6 Å². The molecular formula is C15H26ClN3. The van der Waals surface area contributed by atoms with E-state index in [4.69, 9.17) is 17.3 Å². The van der Waals surface area contributed by atoms with E-state index in [9.17, 15) is 0 Å². The molecule has 1 heterocycles. The highest BCUT2D eigenvalue weighted by atomic mass is 35.5. The lowest BCUT2D eigenvalue weighted by atomic mass is 9.76. The molecule has 1 fully saturated rings. The molecule has 4 heteroatoms. The Bertz CT molecular complexity index is 375. The molecule has 1 atom stereocenters. The number of aryl methyl sites for hydroxylation is 1. The number of aromatic nitrogens is 2. The molecule has 0 amide bonds. The lowest BCUT2D eigenvalue weighted by Crippen LogP contribution is -2.28. The number of hydrogen-bond acceptors (Lipinski definition) is 2. The van der Waals surface area contributed by atoms with Crippen molar-refractivity contribution in [3.8, 4) is 0 Å². The summed E-state index contributed by atoms with van der Waals surface area (Å²) in [4.78, 5) is 0. The van der Waals surface area contributed by atoms with Crippen LogP contribution in [0.15, 0.2) is 6.20 Å². The first-order valence-electron chi connectivity index (χ1n) is 7.56. The Kier molecular flexibility index (Phi) is 5.28. The maximum absolute atomic E-state index is 6.42. The first-order chi connectivity index (χ1) is 9.13. The number of nitrogens with zero attached hydrogens (tertiary/aromatic N) is 2. The molecule has 1 unspecified atom stereocenters. The minimum Gasteiger partial charge on any atom is -0.322 e. The second-order valence-corrected chi connectivity index (χ2v) is 6.36. The third-order valence-electron chi connectivity index (χ3n) is 4.62. The Morgan fingerprint density at radius 3 is 2.63 bits per heavy atom. The van der Waals surface area contributed by atoms with E-state index in [0.29, 0.717) is 10.9 Å². The predicted octanol–water partition coefficient (Wildman–Crippen LogP) is 4.07. The summed E-state index contributed by atoms with van der Waals surface area (Å²) in [7, 11) is 1.92. The van der Waals surface area contributed by atoms with E-state index in [-0.39, 0.29) is 6.04 Å². The van der Waals surface area contributed by atoms with E-state index in [1.54, 1.807) is 6.20 Å². The van der Waals surface area contributed by atoms with Crippen LogP contribution in [0.2, 0.25) is 5.02 Å². The molecule has 0 bridgehead atoms. The molecule has 1 aromatic heterocycles. The number of rotatable bonds is 5. The van der Waals surface area contributed by atoms with Crippen LogP contribution in [-0.4, -0.2) is 9.78 Å². The van der Waals surface area contributed by atoms with Gasteiger partial charge in [0.25, 0.3) is 0 Å². The van der Waals surface area contributed by atoms with Gasteiger partial charge in [-0.1, -0.05) is 50.6 Å². The molecule has 2 rings (SSSR count). The Morgan fingerprint density at radius 1 is 1.42 bits per heavy atom. The molecule has 1 saturated carbocycles. The Hall–Kier alpha value is -0.540. The predicted molar refractivity (Wildman–Crippen MR) is 80.1 cm³/mol. The zero-order chi connectivity index (χ0) is 13.8. The lowest BCUT2D eigenvalue weighted by Gasteiger charge is -2.32. The van der Waals surface area contributed by atoms with Crippen LogP contribution in [0.5, 0.6) is 0 Å². The highest BCUT2D eigenvalue weighted by Crippen LogP contribution is 2.38. The molecular weight excluding hydrogens is 258 g/mol. The van der Waals surface area contributed by atoms with Gasteiger partial charge >= 0.3 is 0 Å². The van der Waals surface area contributed by atoms with Crippen molar-refractivity contribution in [3.05, 3.63) is 16.9 Å². The smallest absolute Gasteiger partial charge is 0.0834 e. The molecule has 19 heavy (non-hydrogen) atoms. The fourth-order valence-corrected chi connectivity index (χ4v) is 3.64. The summed E-state index contributed by atoms with van der Waals surface area (Å²) in [5, 5.41) is 4.90. The van der Waals surface area contributed by atoms with Crippen LogP contribution >= 0.6 is 11.6 Å². The molecule has 0 aromatic carbocycles. The van der Waals surface area contributed by atoms with Crippen molar-refractivity contribution >= 4 is 11.6 Å². The summed E-state index contributed by atoms with van der Waals surface area (Å²) < 4.78 is 1.83. The summed E-state index contributed by atoms with van der Waals surface area (Å²) in [6.45, 7) is 2.27.